The Bertz CT molecular complexity index is 696. The molecule has 0 aliphatic heterocycles. The maximum atomic E-state index is 12.4. The van der Waals surface area contributed by atoms with E-state index in [-0.39, 0.29) is 17.5 Å². The summed E-state index contributed by atoms with van der Waals surface area (Å²) in [5.74, 6) is -0.287. The SMILES string of the molecule is COc1cc(CN(C)C(C)C(=O)NC(=O)NC2CCCCC2)ccc1OC(F)F. The Labute approximate surface area is 169 Å². The number of benzene rings is 1. The first-order chi connectivity index (χ1) is 13.8. The maximum absolute atomic E-state index is 12.4. The van der Waals surface area contributed by atoms with Crippen LogP contribution in [0.2, 0.25) is 0 Å². The Morgan fingerprint density at radius 3 is 2.52 bits per heavy atom. The molecule has 2 N–H and O–H groups in total. The number of imide groups is 1. The number of rotatable bonds is 8. The summed E-state index contributed by atoms with van der Waals surface area (Å²) in [7, 11) is 3.10. The summed E-state index contributed by atoms with van der Waals surface area (Å²) in [4.78, 5) is 26.2. The van der Waals surface area contributed by atoms with Crippen LogP contribution >= 0.6 is 0 Å². The van der Waals surface area contributed by atoms with Crippen LogP contribution in [0.5, 0.6) is 11.5 Å². The highest BCUT2D eigenvalue weighted by Gasteiger charge is 2.22. The highest BCUT2D eigenvalue weighted by molar-refractivity contribution is 5.96. The molecule has 1 unspecified atom stereocenters. The molecule has 0 bridgehead atoms. The second kappa shape index (κ2) is 10.9. The lowest BCUT2D eigenvalue weighted by atomic mass is 9.96. The van der Waals surface area contributed by atoms with Crippen LogP contribution in [-0.4, -0.2) is 49.7 Å². The van der Waals surface area contributed by atoms with E-state index in [4.69, 9.17) is 4.74 Å². The highest BCUT2D eigenvalue weighted by atomic mass is 19.3. The van der Waals surface area contributed by atoms with Crippen molar-refractivity contribution in [1.82, 2.24) is 15.5 Å². The third-order valence-corrected chi connectivity index (χ3v) is 5.09. The van der Waals surface area contributed by atoms with Crippen molar-refractivity contribution in [2.45, 2.75) is 64.3 Å². The molecule has 2 rings (SSSR count). The van der Waals surface area contributed by atoms with Gasteiger partial charge in [0.1, 0.15) is 0 Å². The molecule has 0 aromatic heterocycles. The topological polar surface area (TPSA) is 79.9 Å². The van der Waals surface area contributed by atoms with Gasteiger partial charge in [0.15, 0.2) is 11.5 Å². The fourth-order valence-corrected chi connectivity index (χ4v) is 3.31. The number of nitrogens with one attached hydrogen (secondary N) is 2. The Hall–Kier alpha value is -2.42. The predicted molar refractivity (Wildman–Crippen MR) is 104 cm³/mol. The van der Waals surface area contributed by atoms with Gasteiger partial charge in [0, 0.05) is 12.6 Å². The van der Waals surface area contributed by atoms with Gasteiger partial charge in [0.25, 0.3) is 0 Å². The van der Waals surface area contributed by atoms with E-state index >= 15 is 0 Å². The molecular weight excluding hydrogens is 384 g/mol. The third kappa shape index (κ3) is 7.16. The van der Waals surface area contributed by atoms with E-state index in [1.54, 1.807) is 31.0 Å². The van der Waals surface area contributed by atoms with Gasteiger partial charge in [-0.05, 0) is 44.5 Å². The van der Waals surface area contributed by atoms with Crippen LogP contribution < -0.4 is 20.1 Å². The highest BCUT2D eigenvalue weighted by Crippen LogP contribution is 2.30. The van der Waals surface area contributed by atoms with Crippen LogP contribution in [0.4, 0.5) is 13.6 Å². The van der Waals surface area contributed by atoms with Crippen molar-refractivity contribution in [2.24, 2.45) is 0 Å². The second-order valence-electron chi connectivity index (χ2n) is 7.25. The summed E-state index contributed by atoms with van der Waals surface area (Å²) < 4.78 is 34.4. The van der Waals surface area contributed by atoms with Crippen molar-refractivity contribution in [1.29, 1.82) is 0 Å². The average molecular weight is 413 g/mol. The zero-order valence-electron chi connectivity index (χ0n) is 17.0. The maximum Gasteiger partial charge on any atom is 0.387 e. The number of methoxy groups -OCH3 is 1. The number of carbonyl (C=O) groups is 2. The van der Waals surface area contributed by atoms with Gasteiger partial charge in [-0.1, -0.05) is 25.3 Å². The molecule has 1 atom stereocenters. The van der Waals surface area contributed by atoms with Crippen molar-refractivity contribution < 1.29 is 27.8 Å². The van der Waals surface area contributed by atoms with Crippen molar-refractivity contribution in [3.63, 3.8) is 0 Å². The van der Waals surface area contributed by atoms with E-state index in [0.29, 0.717) is 6.54 Å². The molecule has 1 aliphatic carbocycles. The summed E-state index contributed by atoms with van der Waals surface area (Å²) >= 11 is 0. The largest absolute Gasteiger partial charge is 0.493 e. The Morgan fingerprint density at radius 1 is 1.21 bits per heavy atom. The van der Waals surface area contributed by atoms with E-state index in [0.717, 1.165) is 31.2 Å². The van der Waals surface area contributed by atoms with Crippen molar-refractivity contribution in [3.05, 3.63) is 23.8 Å². The minimum Gasteiger partial charge on any atom is -0.493 e. The van der Waals surface area contributed by atoms with E-state index in [2.05, 4.69) is 15.4 Å². The first-order valence-corrected chi connectivity index (χ1v) is 9.73. The molecule has 0 spiro atoms. The second-order valence-corrected chi connectivity index (χ2v) is 7.25. The Morgan fingerprint density at radius 2 is 1.90 bits per heavy atom. The van der Waals surface area contributed by atoms with Crippen molar-refractivity contribution in [3.8, 4) is 11.5 Å². The minimum absolute atomic E-state index is 0.0564. The van der Waals surface area contributed by atoms with Crippen LogP contribution in [0.25, 0.3) is 0 Å². The smallest absolute Gasteiger partial charge is 0.387 e. The lowest BCUT2D eigenvalue weighted by Crippen LogP contribution is -2.50. The molecule has 7 nitrogen and oxygen atoms in total. The number of urea groups is 1. The molecule has 1 fully saturated rings. The summed E-state index contributed by atoms with van der Waals surface area (Å²) in [5.41, 5.74) is 0.747. The molecule has 1 saturated carbocycles. The van der Waals surface area contributed by atoms with E-state index in [1.807, 2.05) is 0 Å². The molecule has 162 valence electrons. The van der Waals surface area contributed by atoms with Crippen molar-refractivity contribution in [2.75, 3.05) is 14.2 Å². The molecule has 0 heterocycles. The van der Waals surface area contributed by atoms with Crippen LogP contribution in [0.15, 0.2) is 18.2 Å². The van der Waals surface area contributed by atoms with Crippen LogP contribution in [0, 0.1) is 0 Å². The molecule has 1 aliphatic rings. The minimum atomic E-state index is -2.94. The lowest BCUT2D eigenvalue weighted by molar-refractivity contribution is -0.124. The molecule has 3 amide bonds. The predicted octanol–water partition coefficient (Wildman–Crippen LogP) is 3.28. The number of likely N-dealkylation sites (N-methyl/N-ethyl adjacent to an activating group) is 1. The van der Waals surface area contributed by atoms with Crippen molar-refractivity contribution >= 4 is 11.9 Å². The Kier molecular flexibility index (Phi) is 8.63. The molecule has 0 saturated heterocycles. The zero-order chi connectivity index (χ0) is 21.4. The number of hydrogen-bond acceptors (Lipinski definition) is 5. The molecule has 0 radical (unpaired) electrons. The van der Waals surface area contributed by atoms with Gasteiger partial charge < -0.3 is 14.8 Å². The van der Waals surface area contributed by atoms with Gasteiger partial charge in [-0.3, -0.25) is 15.0 Å². The lowest BCUT2D eigenvalue weighted by Gasteiger charge is -2.25. The molecule has 1 aromatic carbocycles. The number of ether oxygens (including phenoxy) is 2. The number of carbonyl (C=O) groups excluding carboxylic acids is 2. The molecular formula is C20H29F2N3O4. The van der Waals surface area contributed by atoms with Gasteiger partial charge in [-0.25, -0.2) is 4.79 Å². The summed E-state index contributed by atoms with van der Waals surface area (Å²) in [6.45, 7) is -0.903. The molecule has 1 aromatic rings. The van der Waals surface area contributed by atoms with E-state index in [1.165, 1.54) is 19.6 Å². The number of halogens is 2. The number of amides is 3. The standard InChI is InChI=1S/C20H29F2N3O4/c1-13(18(26)24-20(27)23-15-7-5-4-6-8-15)25(2)12-14-9-10-16(29-19(21)22)17(11-14)28-3/h9-11,13,15,19H,4-8,12H2,1-3H3,(H2,23,24,26,27). The fourth-order valence-electron chi connectivity index (χ4n) is 3.31. The molecule has 29 heavy (non-hydrogen) atoms. The van der Waals surface area contributed by atoms with Gasteiger partial charge in [-0.15, -0.1) is 0 Å². The van der Waals surface area contributed by atoms with E-state index in [9.17, 15) is 18.4 Å². The normalized spacial score (nSPS) is 15.8. The summed E-state index contributed by atoms with van der Waals surface area (Å²) in [6, 6.07) is 3.67. The zero-order valence-corrected chi connectivity index (χ0v) is 17.0. The van der Waals surface area contributed by atoms with Crippen LogP contribution in [0.3, 0.4) is 0 Å². The summed E-state index contributed by atoms with van der Waals surface area (Å²) in [6.07, 6.45) is 5.22. The van der Waals surface area contributed by atoms with Crippen LogP contribution in [-0.2, 0) is 11.3 Å². The van der Waals surface area contributed by atoms with Gasteiger partial charge in [0.05, 0.1) is 13.2 Å². The van der Waals surface area contributed by atoms with E-state index < -0.39 is 24.6 Å². The fraction of sp³-hybridized carbons (Fsp3) is 0.600. The quantitative estimate of drug-likeness (QED) is 0.684. The third-order valence-electron chi connectivity index (χ3n) is 5.09. The first-order valence-electron chi connectivity index (χ1n) is 9.73. The van der Waals surface area contributed by atoms with Gasteiger partial charge >= 0.3 is 12.6 Å². The number of alkyl halides is 2. The number of hydrogen-bond donors (Lipinski definition) is 2. The van der Waals surface area contributed by atoms with Crippen LogP contribution in [0.1, 0.15) is 44.6 Å². The Balaban J connectivity index is 1.89. The monoisotopic (exact) mass is 413 g/mol. The molecule has 9 heteroatoms. The first kappa shape index (κ1) is 22.9. The average Bonchev–Trinajstić information content (AvgIpc) is 2.68. The summed E-state index contributed by atoms with van der Waals surface area (Å²) in [5, 5.41) is 5.24. The van der Waals surface area contributed by atoms with Gasteiger partial charge in [0.2, 0.25) is 5.91 Å². The number of nitrogens with zero attached hydrogens (tertiary/aromatic N) is 1. The van der Waals surface area contributed by atoms with Gasteiger partial charge in [-0.2, -0.15) is 8.78 Å².